The van der Waals surface area contributed by atoms with Crippen molar-refractivity contribution in [3.63, 3.8) is 0 Å². The van der Waals surface area contributed by atoms with E-state index in [0.29, 0.717) is 12.0 Å². The van der Waals surface area contributed by atoms with Gasteiger partial charge in [0.1, 0.15) is 0 Å². The normalized spacial score (nSPS) is 18.6. The number of nitrogens with two attached hydrogens (primary N) is 1. The average molecular weight is 250 g/mol. The van der Waals surface area contributed by atoms with Crippen molar-refractivity contribution in [2.24, 2.45) is 5.73 Å². The standard InChI is InChI=1S/C11H11ClF3N/c12-9-7(6-10(16)4-5-10)2-1-3-8(9)11(13,14)15/h1-3H,4-6,16H2. The third-order valence-electron chi connectivity index (χ3n) is 2.82. The third-order valence-corrected chi connectivity index (χ3v) is 3.27. The maximum absolute atomic E-state index is 12.6. The van der Waals surface area contributed by atoms with Gasteiger partial charge in [0.2, 0.25) is 0 Å². The van der Waals surface area contributed by atoms with Gasteiger partial charge in [-0.15, -0.1) is 0 Å². The Kier molecular flexibility index (Phi) is 2.67. The number of hydrogen-bond acceptors (Lipinski definition) is 1. The molecule has 0 atom stereocenters. The molecule has 1 nitrogen and oxygen atoms in total. The predicted molar refractivity (Wildman–Crippen MR) is 56.3 cm³/mol. The van der Waals surface area contributed by atoms with E-state index in [1.165, 1.54) is 6.07 Å². The molecule has 0 bridgehead atoms. The van der Waals surface area contributed by atoms with E-state index in [-0.39, 0.29) is 10.6 Å². The van der Waals surface area contributed by atoms with Crippen LogP contribution in [-0.2, 0) is 12.6 Å². The minimum Gasteiger partial charge on any atom is -0.325 e. The lowest BCUT2D eigenvalue weighted by molar-refractivity contribution is -0.137. The van der Waals surface area contributed by atoms with Gasteiger partial charge in [-0.1, -0.05) is 23.7 Å². The lowest BCUT2D eigenvalue weighted by Gasteiger charge is -2.14. The lowest BCUT2D eigenvalue weighted by atomic mass is 10.0. The zero-order valence-corrected chi connectivity index (χ0v) is 9.20. The number of halogens is 4. The minimum absolute atomic E-state index is 0.216. The van der Waals surface area contributed by atoms with Gasteiger partial charge in [-0.3, -0.25) is 0 Å². The lowest BCUT2D eigenvalue weighted by Crippen LogP contribution is -2.25. The van der Waals surface area contributed by atoms with E-state index < -0.39 is 11.7 Å². The summed E-state index contributed by atoms with van der Waals surface area (Å²) in [7, 11) is 0. The van der Waals surface area contributed by atoms with Crippen LogP contribution in [0.1, 0.15) is 24.0 Å². The Labute approximate surface area is 96.4 Å². The first kappa shape index (κ1) is 11.7. The predicted octanol–water partition coefficient (Wildman–Crippen LogP) is 3.39. The Balaban J connectivity index is 2.33. The van der Waals surface area contributed by atoms with Crippen LogP contribution in [0.4, 0.5) is 13.2 Å². The van der Waals surface area contributed by atoms with Crippen molar-refractivity contribution in [2.75, 3.05) is 0 Å². The van der Waals surface area contributed by atoms with Crippen molar-refractivity contribution >= 4 is 11.6 Å². The SMILES string of the molecule is NC1(Cc2cccc(C(F)(F)F)c2Cl)CC1. The Bertz CT molecular complexity index is 410. The van der Waals surface area contributed by atoms with Crippen LogP contribution >= 0.6 is 11.6 Å². The van der Waals surface area contributed by atoms with E-state index in [1.807, 2.05) is 0 Å². The smallest absolute Gasteiger partial charge is 0.325 e. The summed E-state index contributed by atoms with van der Waals surface area (Å²) in [5, 5.41) is -0.216. The first-order chi connectivity index (χ1) is 7.32. The molecule has 2 rings (SSSR count). The second-order valence-electron chi connectivity index (χ2n) is 4.32. The maximum Gasteiger partial charge on any atom is 0.417 e. The number of benzene rings is 1. The monoisotopic (exact) mass is 249 g/mol. The molecule has 0 heterocycles. The van der Waals surface area contributed by atoms with Gasteiger partial charge in [0, 0.05) is 5.54 Å². The second kappa shape index (κ2) is 3.64. The summed E-state index contributed by atoms with van der Waals surface area (Å²) in [4.78, 5) is 0. The van der Waals surface area contributed by atoms with Gasteiger partial charge >= 0.3 is 6.18 Å². The van der Waals surface area contributed by atoms with E-state index in [0.717, 1.165) is 18.9 Å². The first-order valence-electron chi connectivity index (χ1n) is 4.95. The van der Waals surface area contributed by atoms with Gasteiger partial charge in [-0.2, -0.15) is 13.2 Å². The van der Waals surface area contributed by atoms with Gasteiger partial charge in [-0.05, 0) is 30.9 Å². The zero-order valence-electron chi connectivity index (χ0n) is 8.44. The maximum atomic E-state index is 12.6. The van der Waals surface area contributed by atoms with Crippen molar-refractivity contribution in [2.45, 2.75) is 31.0 Å². The Morgan fingerprint density at radius 1 is 1.31 bits per heavy atom. The molecule has 0 amide bonds. The van der Waals surface area contributed by atoms with Crippen LogP contribution in [0.15, 0.2) is 18.2 Å². The topological polar surface area (TPSA) is 26.0 Å². The molecule has 88 valence electrons. The molecule has 1 aromatic carbocycles. The van der Waals surface area contributed by atoms with Gasteiger partial charge in [-0.25, -0.2) is 0 Å². The first-order valence-corrected chi connectivity index (χ1v) is 5.33. The molecule has 0 radical (unpaired) electrons. The molecule has 0 spiro atoms. The fourth-order valence-electron chi connectivity index (χ4n) is 1.65. The minimum atomic E-state index is -4.40. The van der Waals surface area contributed by atoms with Gasteiger partial charge in [0.15, 0.2) is 0 Å². The van der Waals surface area contributed by atoms with Crippen molar-refractivity contribution in [1.82, 2.24) is 0 Å². The third kappa shape index (κ3) is 2.33. The average Bonchev–Trinajstić information content (AvgIpc) is 2.86. The van der Waals surface area contributed by atoms with Gasteiger partial charge in [0.25, 0.3) is 0 Å². The zero-order chi connectivity index (χ0) is 12.0. The van der Waals surface area contributed by atoms with Crippen LogP contribution in [0.2, 0.25) is 5.02 Å². The van der Waals surface area contributed by atoms with E-state index in [1.54, 1.807) is 6.07 Å². The van der Waals surface area contributed by atoms with Crippen LogP contribution in [0.5, 0.6) is 0 Å². The summed E-state index contributed by atoms with van der Waals surface area (Å²) < 4.78 is 37.7. The summed E-state index contributed by atoms with van der Waals surface area (Å²) >= 11 is 5.75. The van der Waals surface area contributed by atoms with Crippen molar-refractivity contribution < 1.29 is 13.2 Å². The van der Waals surface area contributed by atoms with Gasteiger partial charge < -0.3 is 5.73 Å². The molecule has 1 aliphatic carbocycles. The highest BCUT2D eigenvalue weighted by molar-refractivity contribution is 6.32. The highest BCUT2D eigenvalue weighted by atomic mass is 35.5. The number of rotatable bonds is 2. The molecule has 0 aromatic heterocycles. The van der Waals surface area contributed by atoms with E-state index in [9.17, 15) is 13.2 Å². The van der Waals surface area contributed by atoms with Crippen LogP contribution < -0.4 is 5.73 Å². The van der Waals surface area contributed by atoms with Crippen molar-refractivity contribution in [1.29, 1.82) is 0 Å². The summed E-state index contributed by atoms with van der Waals surface area (Å²) in [6, 6.07) is 3.96. The number of hydrogen-bond donors (Lipinski definition) is 1. The highest BCUT2D eigenvalue weighted by Crippen LogP contribution is 2.41. The molecule has 1 fully saturated rings. The fourth-order valence-corrected chi connectivity index (χ4v) is 1.95. The van der Waals surface area contributed by atoms with Crippen LogP contribution in [0, 0.1) is 0 Å². The summed E-state index contributed by atoms with van der Waals surface area (Å²) in [5.74, 6) is 0. The second-order valence-corrected chi connectivity index (χ2v) is 4.69. The molecular formula is C11H11ClF3N. The molecule has 0 unspecified atom stereocenters. The van der Waals surface area contributed by atoms with E-state index >= 15 is 0 Å². The van der Waals surface area contributed by atoms with E-state index in [2.05, 4.69) is 0 Å². The largest absolute Gasteiger partial charge is 0.417 e. The van der Waals surface area contributed by atoms with Crippen LogP contribution in [0.3, 0.4) is 0 Å². The molecular weight excluding hydrogens is 239 g/mol. The van der Waals surface area contributed by atoms with Crippen molar-refractivity contribution in [3.8, 4) is 0 Å². The molecule has 16 heavy (non-hydrogen) atoms. The summed E-state index contributed by atoms with van der Waals surface area (Å²) in [6.45, 7) is 0. The molecule has 0 saturated heterocycles. The fraction of sp³-hybridized carbons (Fsp3) is 0.455. The summed E-state index contributed by atoms with van der Waals surface area (Å²) in [6.07, 6.45) is -2.30. The Morgan fingerprint density at radius 2 is 1.94 bits per heavy atom. The van der Waals surface area contributed by atoms with Crippen LogP contribution in [-0.4, -0.2) is 5.54 Å². The Hall–Kier alpha value is -0.740. The van der Waals surface area contributed by atoms with Crippen molar-refractivity contribution in [3.05, 3.63) is 34.3 Å². The summed E-state index contributed by atoms with van der Waals surface area (Å²) in [5.41, 5.74) is 5.23. The van der Waals surface area contributed by atoms with Crippen LogP contribution in [0.25, 0.3) is 0 Å². The molecule has 2 N–H and O–H groups in total. The molecule has 1 aromatic rings. The Morgan fingerprint density at radius 3 is 2.44 bits per heavy atom. The molecule has 1 saturated carbocycles. The quantitative estimate of drug-likeness (QED) is 0.854. The number of alkyl halides is 3. The molecule has 1 aliphatic rings. The van der Waals surface area contributed by atoms with Gasteiger partial charge in [0.05, 0.1) is 10.6 Å². The molecule has 5 heteroatoms. The molecule has 0 aliphatic heterocycles. The van der Waals surface area contributed by atoms with E-state index in [4.69, 9.17) is 17.3 Å². The highest BCUT2D eigenvalue weighted by Gasteiger charge is 2.40.